The number of likely N-dealkylation sites (N-methyl/N-ethyl adjacent to an activating group) is 1. The fourth-order valence-electron chi connectivity index (χ4n) is 2.52. The molecule has 0 amide bonds. The van der Waals surface area contributed by atoms with Crippen LogP contribution in [0, 0.1) is 0 Å². The van der Waals surface area contributed by atoms with E-state index in [1.54, 1.807) is 14.2 Å². The van der Waals surface area contributed by atoms with Crippen molar-refractivity contribution in [2.75, 3.05) is 54.0 Å². The summed E-state index contributed by atoms with van der Waals surface area (Å²) < 4.78 is 10.8. The highest BCUT2D eigenvalue weighted by atomic mass is 16.5. The molecule has 0 aromatic heterocycles. The van der Waals surface area contributed by atoms with Crippen LogP contribution in [0.2, 0.25) is 0 Å². The van der Waals surface area contributed by atoms with E-state index in [-0.39, 0.29) is 6.04 Å². The summed E-state index contributed by atoms with van der Waals surface area (Å²) >= 11 is 0. The molecule has 21 heavy (non-hydrogen) atoms. The van der Waals surface area contributed by atoms with Crippen LogP contribution in [0.3, 0.4) is 0 Å². The summed E-state index contributed by atoms with van der Waals surface area (Å²) in [6.07, 6.45) is 0. The van der Waals surface area contributed by atoms with Crippen LogP contribution in [0.5, 0.6) is 11.5 Å². The molecule has 1 unspecified atom stereocenters. The number of nitrogens with one attached hydrogen (secondary N) is 1. The topological polar surface area (TPSA) is 63.0 Å². The van der Waals surface area contributed by atoms with Crippen molar-refractivity contribution < 1.29 is 9.47 Å². The Kier molecular flexibility index (Phi) is 5.81. The van der Waals surface area contributed by atoms with E-state index in [1.807, 2.05) is 18.2 Å². The van der Waals surface area contributed by atoms with E-state index >= 15 is 0 Å². The number of nitrogens with zero attached hydrogens (tertiary/aromatic N) is 2. The second kappa shape index (κ2) is 7.61. The van der Waals surface area contributed by atoms with Crippen LogP contribution in [-0.2, 0) is 0 Å². The molecule has 6 heteroatoms. The molecule has 2 rings (SSSR count). The van der Waals surface area contributed by atoms with Gasteiger partial charge in [-0.15, -0.1) is 0 Å². The van der Waals surface area contributed by atoms with Crippen molar-refractivity contribution in [2.24, 2.45) is 5.73 Å². The third-order valence-electron chi connectivity index (χ3n) is 3.89. The Bertz CT molecular complexity index is 447. The van der Waals surface area contributed by atoms with Gasteiger partial charge in [-0.2, -0.15) is 0 Å². The number of rotatable bonds is 6. The van der Waals surface area contributed by atoms with Gasteiger partial charge in [-0.05, 0) is 25.2 Å². The van der Waals surface area contributed by atoms with Gasteiger partial charge in [-0.1, -0.05) is 0 Å². The van der Waals surface area contributed by atoms with Gasteiger partial charge in [0, 0.05) is 38.3 Å². The first kappa shape index (κ1) is 16.0. The van der Waals surface area contributed by atoms with Crippen molar-refractivity contribution in [3.8, 4) is 11.5 Å². The molecule has 1 aliphatic rings. The van der Waals surface area contributed by atoms with Crippen LogP contribution in [0.1, 0.15) is 11.6 Å². The number of nitrogens with two attached hydrogens (primary N) is 1. The lowest BCUT2D eigenvalue weighted by molar-refractivity contribution is 0.0874. The van der Waals surface area contributed by atoms with Gasteiger partial charge in [0.25, 0.3) is 0 Å². The maximum atomic E-state index is 5.97. The Labute approximate surface area is 126 Å². The third kappa shape index (κ3) is 4.07. The Balaban J connectivity index is 2.12. The highest BCUT2D eigenvalue weighted by molar-refractivity contribution is 5.42. The fraction of sp³-hybridized carbons (Fsp3) is 0.600. The lowest BCUT2D eigenvalue weighted by atomic mass is 10.1. The molecule has 1 aromatic rings. The molecule has 1 atom stereocenters. The Morgan fingerprint density at radius 2 is 1.90 bits per heavy atom. The molecule has 1 fully saturated rings. The smallest absolute Gasteiger partial charge is 0.124 e. The molecule has 0 radical (unpaired) electrons. The monoisotopic (exact) mass is 294 g/mol. The highest BCUT2D eigenvalue weighted by Gasteiger charge is 2.21. The largest absolute Gasteiger partial charge is 0.497 e. The molecule has 1 saturated heterocycles. The number of benzene rings is 1. The average molecular weight is 294 g/mol. The summed E-state index contributed by atoms with van der Waals surface area (Å²) in [6.45, 7) is 4.58. The van der Waals surface area contributed by atoms with Gasteiger partial charge in [0.15, 0.2) is 0 Å². The van der Waals surface area contributed by atoms with Crippen LogP contribution < -0.4 is 20.6 Å². The van der Waals surface area contributed by atoms with E-state index in [0.717, 1.165) is 43.2 Å². The van der Waals surface area contributed by atoms with E-state index in [2.05, 4.69) is 22.4 Å². The minimum absolute atomic E-state index is 0.0125. The molecule has 118 valence electrons. The zero-order chi connectivity index (χ0) is 15.2. The van der Waals surface area contributed by atoms with Gasteiger partial charge in [0.05, 0.1) is 20.3 Å². The number of methoxy groups -OCH3 is 2. The van der Waals surface area contributed by atoms with Gasteiger partial charge >= 0.3 is 0 Å². The lowest BCUT2D eigenvalue weighted by Gasteiger charge is -2.35. The maximum absolute atomic E-state index is 5.97. The van der Waals surface area contributed by atoms with Crippen molar-refractivity contribution in [3.05, 3.63) is 23.8 Å². The van der Waals surface area contributed by atoms with Crippen molar-refractivity contribution in [1.29, 1.82) is 0 Å². The molecule has 0 bridgehead atoms. The molecular formula is C15H26N4O2. The quantitative estimate of drug-likeness (QED) is 0.794. The lowest BCUT2D eigenvalue weighted by Crippen LogP contribution is -2.52. The SMILES string of the molecule is COc1ccc(OC)c(C(CN)NN2CCN(C)CC2)c1. The fourth-order valence-corrected chi connectivity index (χ4v) is 2.52. The summed E-state index contributed by atoms with van der Waals surface area (Å²) in [5, 5.41) is 2.23. The molecular weight excluding hydrogens is 268 g/mol. The predicted molar refractivity (Wildman–Crippen MR) is 83.5 cm³/mol. The first-order valence-corrected chi connectivity index (χ1v) is 7.29. The van der Waals surface area contributed by atoms with E-state index in [1.165, 1.54) is 0 Å². The van der Waals surface area contributed by atoms with Gasteiger partial charge in [0.1, 0.15) is 11.5 Å². The van der Waals surface area contributed by atoms with Crippen molar-refractivity contribution in [2.45, 2.75) is 6.04 Å². The molecule has 6 nitrogen and oxygen atoms in total. The van der Waals surface area contributed by atoms with E-state index in [4.69, 9.17) is 15.2 Å². The molecule has 0 spiro atoms. The molecule has 1 aromatic carbocycles. The second-order valence-electron chi connectivity index (χ2n) is 5.32. The normalized spacial score (nSPS) is 18.5. The standard InChI is InChI=1S/C15H26N4O2/c1-18-6-8-19(9-7-18)17-14(11-16)13-10-12(20-2)4-5-15(13)21-3/h4-5,10,14,17H,6-9,11,16H2,1-3H3. The Morgan fingerprint density at radius 3 is 2.48 bits per heavy atom. The first-order valence-electron chi connectivity index (χ1n) is 7.29. The third-order valence-corrected chi connectivity index (χ3v) is 3.89. The average Bonchev–Trinajstić information content (AvgIpc) is 2.53. The summed E-state index contributed by atoms with van der Waals surface area (Å²) in [5.74, 6) is 1.64. The van der Waals surface area contributed by atoms with Crippen LogP contribution in [0.4, 0.5) is 0 Å². The number of hydrogen-bond donors (Lipinski definition) is 2. The minimum Gasteiger partial charge on any atom is -0.497 e. The Morgan fingerprint density at radius 1 is 1.19 bits per heavy atom. The number of ether oxygens (including phenoxy) is 2. The van der Waals surface area contributed by atoms with Crippen LogP contribution >= 0.6 is 0 Å². The second-order valence-corrected chi connectivity index (χ2v) is 5.32. The molecule has 0 saturated carbocycles. The number of hydrazine groups is 1. The van der Waals surface area contributed by atoms with Crippen molar-refractivity contribution >= 4 is 0 Å². The van der Waals surface area contributed by atoms with Crippen LogP contribution in [0.15, 0.2) is 18.2 Å². The van der Waals surface area contributed by atoms with Crippen LogP contribution in [-0.4, -0.2) is 63.9 Å². The van der Waals surface area contributed by atoms with Gasteiger partial charge in [-0.25, -0.2) is 10.4 Å². The zero-order valence-corrected chi connectivity index (χ0v) is 13.1. The van der Waals surface area contributed by atoms with Crippen LogP contribution in [0.25, 0.3) is 0 Å². The van der Waals surface area contributed by atoms with Crippen molar-refractivity contribution in [3.63, 3.8) is 0 Å². The maximum Gasteiger partial charge on any atom is 0.124 e. The summed E-state index contributed by atoms with van der Waals surface area (Å²) in [5.41, 5.74) is 10.5. The molecule has 1 heterocycles. The molecule has 0 aliphatic carbocycles. The highest BCUT2D eigenvalue weighted by Crippen LogP contribution is 2.29. The summed E-state index contributed by atoms with van der Waals surface area (Å²) in [6, 6.07) is 5.81. The summed E-state index contributed by atoms with van der Waals surface area (Å²) in [4.78, 5) is 2.32. The van der Waals surface area contributed by atoms with E-state index < -0.39 is 0 Å². The molecule has 3 N–H and O–H groups in total. The summed E-state index contributed by atoms with van der Waals surface area (Å²) in [7, 11) is 5.48. The Hall–Kier alpha value is -1.34. The van der Waals surface area contributed by atoms with Gasteiger partial charge in [-0.3, -0.25) is 0 Å². The van der Waals surface area contributed by atoms with Gasteiger partial charge < -0.3 is 20.1 Å². The predicted octanol–water partition coefficient (Wildman–Crippen LogP) is 0.456. The van der Waals surface area contributed by atoms with E-state index in [0.29, 0.717) is 6.54 Å². The van der Waals surface area contributed by atoms with Gasteiger partial charge in [0.2, 0.25) is 0 Å². The minimum atomic E-state index is 0.0125. The molecule has 1 aliphatic heterocycles. The van der Waals surface area contributed by atoms with E-state index in [9.17, 15) is 0 Å². The zero-order valence-electron chi connectivity index (χ0n) is 13.1. The number of hydrogen-bond acceptors (Lipinski definition) is 6. The first-order chi connectivity index (χ1) is 10.2. The number of piperazine rings is 1. The van der Waals surface area contributed by atoms with Crippen molar-refractivity contribution in [1.82, 2.24) is 15.3 Å².